The van der Waals surface area contributed by atoms with Crippen molar-refractivity contribution < 1.29 is 0 Å². The van der Waals surface area contributed by atoms with Crippen LogP contribution >= 0.6 is 0 Å². The highest BCUT2D eigenvalue weighted by Crippen LogP contribution is 2.40. The highest BCUT2D eigenvalue weighted by atomic mass is 15.1. The summed E-state index contributed by atoms with van der Waals surface area (Å²) < 4.78 is 2.49. The second kappa shape index (κ2) is 5.09. The Morgan fingerprint density at radius 3 is 2.81 bits per heavy atom. The molecule has 0 spiro atoms. The molecule has 4 nitrogen and oxygen atoms in total. The van der Waals surface area contributed by atoms with Gasteiger partial charge in [-0.25, -0.2) is 4.98 Å². The Balaban J connectivity index is 1.73. The summed E-state index contributed by atoms with van der Waals surface area (Å²) in [6, 6.07) is 2.79. The van der Waals surface area contributed by atoms with E-state index >= 15 is 0 Å². The first-order valence-corrected chi connectivity index (χ1v) is 8.31. The SMILES string of the molecule is CNC1(Cc2nc3cnccc3n2C2CC2)CCCCC1. The van der Waals surface area contributed by atoms with Gasteiger partial charge >= 0.3 is 0 Å². The molecule has 4 rings (SSSR count). The van der Waals surface area contributed by atoms with E-state index in [1.165, 1.54) is 56.3 Å². The fraction of sp³-hybridized carbons (Fsp3) is 0.647. The van der Waals surface area contributed by atoms with Gasteiger partial charge in [-0.15, -0.1) is 0 Å². The zero-order valence-electron chi connectivity index (χ0n) is 12.8. The molecule has 0 bridgehead atoms. The third-order valence-corrected chi connectivity index (χ3v) is 5.31. The maximum absolute atomic E-state index is 4.92. The average Bonchev–Trinajstić information content (AvgIpc) is 3.29. The normalized spacial score (nSPS) is 21.8. The van der Waals surface area contributed by atoms with Crippen molar-refractivity contribution in [2.75, 3.05) is 7.05 Å². The van der Waals surface area contributed by atoms with Crippen molar-refractivity contribution in [1.82, 2.24) is 19.9 Å². The molecule has 2 aromatic rings. The van der Waals surface area contributed by atoms with Crippen molar-refractivity contribution in [2.24, 2.45) is 0 Å². The van der Waals surface area contributed by atoms with E-state index in [-0.39, 0.29) is 5.54 Å². The van der Waals surface area contributed by atoms with Crippen LogP contribution in [0, 0.1) is 0 Å². The minimum atomic E-state index is 0.250. The highest BCUT2D eigenvalue weighted by molar-refractivity contribution is 5.75. The third-order valence-electron chi connectivity index (χ3n) is 5.31. The summed E-state index contributed by atoms with van der Waals surface area (Å²) in [5.41, 5.74) is 2.57. The van der Waals surface area contributed by atoms with Gasteiger partial charge in [-0.3, -0.25) is 4.98 Å². The largest absolute Gasteiger partial charge is 0.325 e. The average molecular weight is 284 g/mol. The quantitative estimate of drug-likeness (QED) is 0.937. The molecule has 4 heteroatoms. The lowest BCUT2D eigenvalue weighted by Gasteiger charge is -2.37. The van der Waals surface area contributed by atoms with Gasteiger partial charge in [0.1, 0.15) is 11.3 Å². The van der Waals surface area contributed by atoms with E-state index in [2.05, 4.69) is 28.0 Å². The van der Waals surface area contributed by atoms with Crippen molar-refractivity contribution in [3.05, 3.63) is 24.3 Å². The summed E-state index contributed by atoms with van der Waals surface area (Å²) in [6.07, 6.45) is 14.1. The molecule has 0 amide bonds. The summed E-state index contributed by atoms with van der Waals surface area (Å²) in [6.45, 7) is 0. The topological polar surface area (TPSA) is 42.7 Å². The number of nitrogens with one attached hydrogen (secondary N) is 1. The lowest BCUT2D eigenvalue weighted by Crippen LogP contribution is -2.47. The minimum Gasteiger partial charge on any atom is -0.325 e. The van der Waals surface area contributed by atoms with Crippen molar-refractivity contribution in [2.45, 2.75) is 62.9 Å². The number of pyridine rings is 1. The summed E-state index contributed by atoms with van der Waals surface area (Å²) in [5, 5.41) is 3.63. The van der Waals surface area contributed by atoms with Gasteiger partial charge in [-0.1, -0.05) is 19.3 Å². The van der Waals surface area contributed by atoms with Gasteiger partial charge in [0.15, 0.2) is 0 Å². The van der Waals surface area contributed by atoms with Crippen molar-refractivity contribution in [3.63, 3.8) is 0 Å². The third kappa shape index (κ3) is 2.35. The summed E-state index contributed by atoms with van der Waals surface area (Å²) in [7, 11) is 2.12. The molecular formula is C17H24N4. The van der Waals surface area contributed by atoms with E-state index in [1.54, 1.807) is 0 Å². The van der Waals surface area contributed by atoms with Crippen LogP contribution in [-0.2, 0) is 6.42 Å². The number of likely N-dealkylation sites (N-methyl/N-ethyl adjacent to an activating group) is 1. The number of hydrogen-bond donors (Lipinski definition) is 1. The molecule has 1 N–H and O–H groups in total. The van der Waals surface area contributed by atoms with Crippen LogP contribution < -0.4 is 5.32 Å². The van der Waals surface area contributed by atoms with Crippen LogP contribution in [0.4, 0.5) is 0 Å². The Labute approximate surface area is 126 Å². The van der Waals surface area contributed by atoms with Crippen LogP contribution in [0.1, 0.15) is 56.8 Å². The van der Waals surface area contributed by atoms with Crippen molar-refractivity contribution >= 4 is 11.0 Å². The van der Waals surface area contributed by atoms with Gasteiger partial charge in [0.25, 0.3) is 0 Å². The maximum Gasteiger partial charge on any atom is 0.112 e. The first kappa shape index (κ1) is 13.3. The molecule has 0 atom stereocenters. The molecule has 2 aliphatic carbocycles. The molecule has 2 saturated carbocycles. The summed E-state index contributed by atoms with van der Waals surface area (Å²) >= 11 is 0. The Morgan fingerprint density at radius 2 is 2.10 bits per heavy atom. The smallest absolute Gasteiger partial charge is 0.112 e. The molecule has 0 aliphatic heterocycles. The van der Waals surface area contributed by atoms with Gasteiger partial charge in [0.05, 0.1) is 11.7 Å². The van der Waals surface area contributed by atoms with Crippen LogP contribution in [0.15, 0.2) is 18.5 Å². The zero-order valence-corrected chi connectivity index (χ0v) is 12.8. The fourth-order valence-electron chi connectivity index (χ4n) is 3.91. The number of aromatic nitrogens is 3. The predicted octanol–water partition coefficient (Wildman–Crippen LogP) is 3.23. The fourth-order valence-corrected chi connectivity index (χ4v) is 3.91. The number of hydrogen-bond acceptors (Lipinski definition) is 3. The van der Waals surface area contributed by atoms with Gasteiger partial charge in [-0.05, 0) is 38.8 Å². The number of imidazole rings is 1. The molecule has 2 aliphatic rings. The van der Waals surface area contributed by atoms with Crippen molar-refractivity contribution in [1.29, 1.82) is 0 Å². The monoisotopic (exact) mass is 284 g/mol. The minimum absolute atomic E-state index is 0.250. The van der Waals surface area contributed by atoms with Crippen LogP contribution in [0.3, 0.4) is 0 Å². The van der Waals surface area contributed by atoms with E-state index in [0.717, 1.165) is 11.9 Å². The van der Waals surface area contributed by atoms with Gasteiger partial charge in [-0.2, -0.15) is 0 Å². The van der Waals surface area contributed by atoms with Gasteiger partial charge < -0.3 is 9.88 Å². The van der Waals surface area contributed by atoms with Crippen LogP contribution in [0.2, 0.25) is 0 Å². The summed E-state index contributed by atoms with van der Waals surface area (Å²) in [4.78, 5) is 9.16. The van der Waals surface area contributed by atoms with Crippen LogP contribution in [0.25, 0.3) is 11.0 Å². The summed E-state index contributed by atoms with van der Waals surface area (Å²) in [5.74, 6) is 1.26. The molecule has 2 aromatic heterocycles. The molecule has 2 heterocycles. The highest BCUT2D eigenvalue weighted by Gasteiger charge is 2.35. The first-order valence-electron chi connectivity index (χ1n) is 8.31. The predicted molar refractivity (Wildman–Crippen MR) is 84.4 cm³/mol. The Morgan fingerprint density at radius 1 is 1.29 bits per heavy atom. The molecule has 2 fully saturated rings. The van der Waals surface area contributed by atoms with Gasteiger partial charge in [0, 0.05) is 24.2 Å². The number of fused-ring (bicyclic) bond motifs is 1. The molecule has 0 radical (unpaired) electrons. The van der Waals surface area contributed by atoms with Crippen molar-refractivity contribution in [3.8, 4) is 0 Å². The molecular weight excluding hydrogens is 260 g/mol. The molecule has 0 saturated heterocycles. The van der Waals surface area contributed by atoms with E-state index < -0.39 is 0 Å². The van der Waals surface area contributed by atoms with Gasteiger partial charge in [0.2, 0.25) is 0 Å². The maximum atomic E-state index is 4.92. The van der Waals surface area contributed by atoms with Crippen LogP contribution in [-0.4, -0.2) is 27.1 Å². The Hall–Kier alpha value is -1.42. The first-order chi connectivity index (χ1) is 10.3. The second-order valence-corrected chi connectivity index (χ2v) is 6.76. The zero-order chi connectivity index (χ0) is 14.3. The molecule has 21 heavy (non-hydrogen) atoms. The lowest BCUT2D eigenvalue weighted by atomic mass is 9.79. The van der Waals surface area contributed by atoms with E-state index in [1.807, 2.05) is 12.4 Å². The molecule has 112 valence electrons. The van der Waals surface area contributed by atoms with E-state index in [4.69, 9.17) is 4.98 Å². The second-order valence-electron chi connectivity index (χ2n) is 6.76. The van der Waals surface area contributed by atoms with Crippen LogP contribution in [0.5, 0.6) is 0 Å². The molecule has 0 unspecified atom stereocenters. The number of rotatable bonds is 4. The number of nitrogens with zero attached hydrogens (tertiary/aromatic N) is 3. The Kier molecular flexibility index (Phi) is 3.21. The standard InChI is InChI=1S/C17H24N4/c1-18-17(8-3-2-4-9-17)11-16-20-14-12-19-10-7-15(14)21(16)13-5-6-13/h7,10,12-13,18H,2-6,8-9,11H2,1H3. The van der Waals surface area contributed by atoms with E-state index in [9.17, 15) is 0 Å². The Bertz CT molecular complexity index is 635. The van der Waals surface area contributed by atoms with E-state index in [0.29, 0.717) is 6.04 Å². The lowest BCUT2D eigenvalue weighted by molar-refractivity contribution is 0.239. The molecule has 0 aromatic carbocycles.